The van der Waals surface area contributed by atoms with Crippen LogP contribution >= 0.6 is 0 Å². The topological polar surface area (TPSA) is 69.6 Å². The van der Waals surface area contributed by atoms with Gasteiger partial charge in [-0.3, -0.25) is 4.40 Å². The highest BCUT2D eigenvalue weighted by Crippen LogP contribution is 2.15. The van der Waals surface area contributed by atoms with Crippen molar-refractivity contribution < 1.29 is 9.53 Å². The summed E-state index contributed by atoms with van der Waals surface area (Å²) in [7, 11) is 0. The van der Waals surface area contributed by atoms with E-state index in [9.17, 15) is 4.79 Å². The number of pyridine rings is 1. The lowest BCUT2D eigenvalue weighted by Crippen LogP contribution is -2.09. The fourth-order valence-corrected chi connectivity index (χ4v) is 1.62. The molecule has 0 fully saturated rings. The predicted octanol–water partition coefficient (Wildman–Crippen LogP) is 1.40. The summed E-state index contributed by atoms with van der Waals surface area (Å²) < 4.78 is 6.63. The lowest BCUT2D eigenvalue weighted by Gasteiger charge is -2.03. The summed E-state index contributed by atoms with van der Waals surface area (Å²) in [5, 5.41) is 0. The molecule has 0 amide bonds. The lowest BCUT2D eigenvalue weighted by molar-refractivity contribution is 0.0517. The molecule has 84 valence electrons. The minimum Gasteiger partial charge on any atom is -0.461 e. The molecule has 0 atom stereocenters. The second-order valence-electron chi connectivity index (χ2n) is 3.46. The quantitative estimate of drug-likeness (QED) is 0.775. The Hall–Kier alpha value is -2.04. The molecular formula is C11H13N3O2. The highest BCUT2D eigenvalue weighted by molar-refractivity contribution is 5.90. The van der Waals surface area contributed by atoms with Crippen molar-refractivity contribution in [1.29, 1.82) is 0 Å². The zero-order chi connectivity index (χ0) is 11.7. The Morgan fingerprint density at radius 1 is 1.56 bits per heavy atom. The van der Waals surface area contributed by atoms with Crippen LogP contribution in [0.4, 0.5) is 5.69 Å². The summed E-state index contributed by atoms with van der Waals surface area (Å²) in [6.45, 7) is 3.88. The van der Waals surface area contributed by atoms with Crippen LogP contribution in [0, 0.1) is 6.92 Å². The van der Waals surface area contributed by atoms with Gasteiger partial charge in [0.25, 0.3) is 0 Å². The average molecular weight is 219 g/mol. The van der Waals surface area contributed by atoms with Crippen LogP contribution in [0.15, 0.2) is 18.3 Å². The smallest absolute Gasteiger partial charge is 0.357 e. The Labute approximate surface area is 92.8 Å². The van der Waals surface area contributed by atoms with Crippen molar-refractivity contribution >= 4 is 17.3 Å². The lowest BCUT2D eigenvalue weighted by atomic mass is 10.3. The molecule has 0 aliphatic rings. The van der Waals surface area contributed by atoms with Crippen LogP contribution in [-0.2, 0) is 4.74 Å². The number of nitrogens with zero attached hydrogens (tertiary/aromatic N) is 2. The number of hydrogen-bond donors (Lipinski definition) is 1. The molecule has 0 radical (unpaired) electrons. The number of carbonyl (C=O) groups excluding carboxylic acids is 1. The van der Waals surface area contributed by atoms with Crippen molar-refractivity contribution in [3.8, 4) is 0 Å². The van der Waals surface area contributed by atoms with Crippen LogP contribution in [0.3, 0.4) is 0 Å². The average Bonchev–Trinajstić information content (AvgIpc) is 2.53. The van der Waals surface area contributed by atoms with Crippen LogP contribution in [-0.4, -0.2) is 22.0 Å². The maximum Gasteiger partial charge on any atom is 0.357 e. The number of carbonyl (C=O) groups is 1. The Morgan fingerprint density at radius 3 is 3.00 bits per heavy atom. The van der Waals surface area contributed by atoms with Gasteiger partial charge in [0, 0.05) is 11.9 Å². The summed E-state index contributed by atoms with van der Waals surface area (Å²) in [5.41, 5.74) is 8.02. The normalized spacial score (nSPS) is 10.6. The number of fused-ring (bicyclic) bond motifs is 1. The Bertz CT molecular complexity index is 545. The van der Waals surface area contributed by atoms with Gasteiger partial charge in [0.2, 0.25) is 0 Å². The molecule has 0 spiro atoms. The van der Waals surface area contributed by atoms with Crippen LogP contribution in [0.25, 0.3) is 5.65 Å². The molecule has 0 saturated carbocycles. The summed E-state index contributed by atoms with van der Waals surface area (Å²) in [4.78, 5) is 16.0. The van der Waals surface area contributed by atoms with Crippen LogP contribution in [0.2, 0.25) is 0 Å². The van der Waals surface area contributed by atoms with E-state index >= 15 is 0 Å². The third-order valence-electron chi connectivity index (χ3n) is 2.28. The number of hydrogen-bond acceptors (Lipinski definition) is 4. The molecule has 2 aromatic heterocycles. The number of aryl methyl sites for hydroxylation is 1. The van der Waals surface area contributed by atoms with Gasteiger partial charge in [-0.2, -0.15) is 0 Å². The largest absolute Gasteiger partial charge is 0.461 e. The molecule has 2 N–H and O–H groups in total. The monoisotopic (exact) mass is 219 g/mol. The maximum absolute atomic E-state index is 11.7. The maximum atomic E-state index is 11.7. The Morgan fingerprint density at radius 2 is 2.31 bits per heavy atom. The molecule has 0 bridgehead atoms. The third kappa shape index (κ3) is 1.60. The molecule has 2 aromatic rings. The van der Waals surface area contributed by atoms with Crippen molar-refractivity contribution in [2.75, 3.05) is 12.3 Å². The fourth-order valence-electron chi connectivity index (χ4n) is 1.62. The van der Waals surface area contributed by atoms with E-state index in [4.69, 9.17) is 10.5 Å². The summed E-state index contributed by atoms with van der Waals surface area (Å²) in [6, 6.07) is 3.52. The number of imidazole rings is 1. The number of rotatable bonds is 2. The van der Waals surface area contributed by atoms with E-state index in [0.717, 1.165) is 0 Å². The van der Waals surface area contributed by atoms with Crippen LogP contribution < -0.4 is 5.73 Å². The summed E-state index contributed by atoms with van der Waals surface area (Å²) in [5.74, 6) is -0.377. The van der Waals surface area contributed by atoms with E-state index in [1.165, 1.54) is 0 Å². The SMILES string of the molecule is CCOC(=O)c1c(C)nc2ccc(N)cn12. The van der Waals surface area contributed by atoms with Gasteiger partial charge in [-0.05, 0) is 26.0 Å². The first-order valence-corrected chi connectivity index (χ1v) is 5.04. The van der Waals surface area contributed by atoms with Crippen molar-refractivity contribution in [1.82, 2.24) is 9.38 Å². The van der Waals surface area contributed by atoms with Crippen LogP contribution in [0.5, 0.6) is 0 Å². The summed E-state index contributed by atoms with van der Waals surface area (Å²) >= 11 is 0. The minimum atomic E-state index is -0.377. The number of esters is 1. The number of nitrogen functional groups attached to an aromatic ring is 1. The molecule has 0 aliphatic heterocycles. The summed E-state index contributed by atoms with van der Waals surface area (Å²) in [6.07, 6.45) is 1.67. The van der Waals surface area contributed by atoms with E-state index in [0.29, 0.717) is 29.3 Å². The van der Waals surface area contributed by atoms with Gasteiger partial charge < -0.3 is 10.5 Å². The number of nitrogens with two attached hydrogens (primary N) is 1. The molecule has 2 heterocycles. The Kier molecular flexibility index (Phi) is 2.52. The minimum absolute atomic E-state index is 0.341. The molecule has 0 saturated heterocycles. The Balaban J connectivity index is 2.62. The number of anilines is 1. The van der Waals surface area contributed by atoms with Crippen molar-refractivity contribution in [2.45, 2.75) is 13.8 Å². The number of aromatic nitrogens is 2. The van der Waals surface area contributed by atoms with Gasteiger partial charge in [0.05, 0.1) is 12.3 Å². The van der Waals surface area contributed by atoms with Gasteiger partial charge in [-0.1, -0.05) is 0 Å². The van der Waals surface area contributed by atoms with Gasteiger partial charge in [-0.15, -0.1) is 0 Å². The zero-order valence-corrected chi connectivity index (χ0v) is 9.23. The fraction of sp³-hybridized carbons (Fsp3) is 0.273. The molecule has 0 aliphatic carbocycles. The van der Waals surface area contributed by atoms with Gasteiger partial charge >= 0.3 is 5.97 Å². The molecular weight excluding hydrogens is 206 g/mol. The first-order chi connectivity index (χ1) is 7.63. The molecule has 5 heteroatoms. The van der Waals surface area contributed by atoms with E-state index in [1.54, 1.807) is 36.6 Å². The predicted molar refractivity (Wildman–Crippen MR) is 60.3 cm³/mol. The van der Waals surface area contributed by atoms with Crippen molar-refractivity contribution in [2.24, 2.45) is 0 Å². The molecule has 5 nitrogen and oxygen atoms in total. The van der Waals surface area contributed by atoms with Crippen molar-refractivity contribution in [3.05, 3.63) is 29.7 Å². The van der Waals surface area contributed by atoms with Crippen molar-refractivity contribution in [3.63, 3.8) is 0 Å². The van der Waals surface area contributed by atoms with Gasteiger partial charge in [0.15, 0.2) is 5.69 Å². The standard InChI is InChI=1S/C11H13N3O2/c1-3-16-11(15)10-7(2)13-9-5-4-8(12)6-14(9)10/h4-6H,3,12H2,1-2H3. The first kappa shape index (κ1) is 10.5. The van der Waals surface area contributed by atoms with Gasteiger partial charge in [0.1, 0.15) is 5.65 Å². The van der Waals surface area contributed by atoms with Gasteiger partial charge in [-0.25, -0.2) is 9.78 Å². The second-order valence-corrected chi connectivity index (χ2v) is 3.46. The molecule has 0 unspecified atom stereocenters. The van der Waals surface area contributed by atoms with E-state index in [1.807, 2.05) is 0 Å². The third-order valence-corrected chi connectivity index (χ3v) is 2.28. The zero-order valence-electron chi connectivity index (χ0n) is 9.23. The molecule has 2 rings (SSSR count). The first-order valence-electron chi connectivity index (χ1n) is 5.04. The van der Waals surface area contributed by atoms with E-state index in [-0.39, 0.29) is 5.97 Å². The van der Waals surface area contributed by atoms with E-state index in [2.05, 4.69) is 4.98 Å². The van der Waals surface area contributed by atoms with E-state index < -0.39 is 0 Å². The molecule has 16 heavy (non-hydrogen) atoms. The molecule has 0 aromatic carbocycles. The second kappa shape index (κ2) is 3.84. The number of ether oxygens (including phenoxy) is 1. The highest BCUT2D eigenvalue weighted by Gasteiger charge is 2.17. The van der Waals surface area contributed by atoms with Crippen LogP contribution in [0.1, 0.15) is 23.1 Å². The highest BCUT2D eigenvalue weighted by atomic mass is 16.5.